The molecule has 1 aromatic carbocycles. The zero-order valence-corrected chi connectivity index (χ0v) is 7.06. The lowest BCUT2D eigenvalue weighted by Crippen LogP contribution is -2.34. The summed E-state index contributed by atoms with van der Waals surface area (Å²) in [5.41, 5.74) is -1.31. The molecule has 0 aliphatic carbocycles. The van der Waals surface area contributed by atoms with E-state index in [1.165, 1.54) is 0 Å². The van der Waals surface area contributed by atoms with Gasteiger partial charge in [-0.05, 0) is 6.07 Å². The topological polar surface area (TPSA) is 9.23 Å². The van der Waals surface area contributed by atoms with E-state index in [4.69, 9.17) is 0 Å². The summed E-state index contributed by atoms with van der Waals surface area (Å²) < 4.78 is 76.0. The van der Waals surface area contributed by atoms with E-state index < -0.39 is 30.6 Å². The quantitative estimate of drug-likeness (QED) is 0.571. The standard InChI is InChI=1S/C7H4BF6O/c9-5-1-4(8(12,13)14)2-6(3-5)15-7(10)11/h1-3,7H/q-1. The van der Waals surface area contributed by atoms with Crippen LogP contribution in [0.5, 0.6) is 5.75 Å². The Balaban J connectivity index is 3.06. The molecule has 0 amide bonds. The number of ether oxygens (including phenoxy) is 1. The lowest BCUT2D eigenvalue weighted by Gasteiger charge is -2.16. The molecular weight excluding hydrogens is 225 g/mol. The summed E-state index contributed by atoms with van der Waals surface area (Å²) >= 11 is 0. The Morgan fingerprint density at radius 1 is 1.07 bits per heavy atom. The average molecular weight is 229 g/mol. The predicted molar refractivity (Wildman–Crippen MR) is 41.7 cm³/mol. The Kier molecular flexibility index (Phi) is 3.16. The zero-order chi connectivity index (χ0) is 11.6. The third-order valence-electron chi connectivity index (χ3n) is 1.50. The van der Waals surface area contributed by atoms with Gasteiger partial charge in [-0.1, -0.05) is 6.07 Å². The van der Waals surface area contributed by atoms with Gasteiger partial charge in [0.05, 0.1) is 0 Å². The molecule has 0 bridgehead atoms. The molecule has 1 nitrogen and oxygen atoms in total. The van der Waals surface area contributed by atoms with Gasteiger partial charge in [-0.3, -0.25) is 0 Å². The minimum atomic E-state index is -5.44. The van der Waals surface area contributed by atoms with Crippen molar-refractivity contribution >= 4 is 12.4 Å². The van der Waals surface area contributed by atoms with E-state index in [0.29, 0.717) is 12.1 Å². The van der Waals surface area contributed by atoms with Crippen LogP contribution in [0.1, 0.15) is 0 Å². The lowest BCUT2D eigenvalue weighted by molar-refractivity contribution is -0.0499. The second-order valence-electron chi connectivity index (χ2n) is 2.67. The largest absolute Gasteiger partial charge is 0.509 e. The number of hydrogen-bond acceptors (Lipinski definition) is 1. The number of hydrogen-bond donors (Lipinski definition) is 0. The molecule has 0 heterocycles. The summed E-state index contributed by atoms with van der Waals surface area (Å²) in [6, 6.07) is 1.01. The van der Waals surface area contributed by atoms with Crippen LogP contribution in [0.25, 0.3) is 0 Å². The van der Waals surface area contributed by atoms with Gasteiger partial charge in [-0.25, -0.2) is 4.39 Å². The number of halogens is 6. The monoisotopic (exact) mass is 229 g/mol. The minimum absolute atomic E-state index is 0.221. The first-order valence-electron chi connectivity index (χ1n) is 3.74. The predicted octanol–water partition coefficient (Wildman–Crippen LogP) is 2.48. The maximum absolute atomic E-state index is 12.6. The van der Waals surface area contributed by atoms with Gasteiger partial charge >= 0.3 is 13.6 Å². The fourth-order valence-electron chi connectivity index (χ4n) is 0.944. The smallest absolute Gasteiger partial charge is 0.445 e. The molecule has 0 fully saturated rings. The van der Waals surface area contributed by atoms with Crippen LogP contribution < -0.4 is 10.2 Å². The number of rotatable bonds is 3. The lowest BCUT2D eigenvalue weighted by atomic mass is 9.80. The molecule has 0 N–H and O–H groups in total. The highest BCUT2D eigenvalue weighted by molar-refractivity contribution is 6.73. The molecule has 1 aromatic rings. The van der Waals surface area contributed by atoms with Gasteiger partial charge in [0.15, 0.2) is 0 Å². The van der Waals surface area contributed by atoms with E-state index in [-0.39, 0.29) is 6.07 Å². The van der Waals surface area contributed by atoms with Crippen LogP contribution in [0, 0.1) is 5.82 Å². The van der Waals surface area contributed by atoms with Crippen molar-refractivity contribution in [2.24, 2.45) is 0 Å². The van der Waals surface area contributed by atoms with Crippen LogP contribution in [0.15, 0.2) is 18.2 Å². The Labute approximate surface area is 80.7 Å². The third kappa shape index (κ3) is 3.37. The van der Waals surface area contributed by atoms with Crippen LogP contribution in [-0.2, 0) is 0 Å². The fraction of sp³-hybridized carbons (Fsp3) is 0.143. The van der Waals surface area contributed by atoms with Crippen molar-refractivity contribution in [1.82, 2.24) is 0 Å². The van der Waals surface area contributed by atoms with E-state index in [9.17, 15) is 26.1 Å². The molecule has 0 saturated carbocycles. The van der Waals surface area contributed by atoms with E-state index in [1.54, 1.807) is 0 Å². The van der Waals surface area contributed by atoms with Crippen LogP contribution >= 0.6 is 0 Å². The average Bonchev–Trinajstić information content (AvgIpc) is 1.99. The van der Waals surface area contributed by atoms with Crippen molar-refractivity contribution in [2.45, 2.75) is 6.61 Å². The molecule has 0 radical (unpaired) electrons. The number of alkyl halides is 2. The van der Waals surface area contributed by atoms with E-state index >= 15 is 0 Å². The molecular formula is C7H4BF6O-. The minimum Gasteiger partial charge on any atom is -0.445 e. The highest BCUT2D eigenvalue weighted by Crippen LogP contribution is 2.18. The summed E-state index contributed by atoms with van der Waals surface area (Å²) in [7, 11) is 0. The van der Waals surface area contributed by atoms with Crippen LogP contribution in [0.2, 0.25) is 0 Å². The summed E-state index contributed by atoms with van der Waals surface area (Å²) in [6.45, 7) is -8.73. The molecule has 0 atom stereocenters. The molecule has 0 unspecified atom stereocenters. The maximum atomic E-state index is 12.6. The van der Waals surface area contributed by atoms with E-state index in [1.807, 2.05) is 0 Å². The van der Waals surface area contributed by atoms with Gasteiger partial charge in [0, 0.05) is 6.07 Å². The van der Waals surface area contributed by atoms with Gasteiger partial charge in [-0.2, -0.15) is 8.78 Å². The second kappa shape index (κ2) is 4.04. The highest BCUT2D eigenvalue weighted by atomic mass is 19.4. The van der Waals surface area contributed by atoms with Gasteiger partial charge in [0.2, 0.25) is 0 Å². The molecule has 1 rings (SSSR count). The Morgan fingerprint density at radius 2 is 1.67 bits per heavy atom. The van der Waals surface area contributed by atoms with E-state index in [2.05, 4.69) is 4.74 Å². The van der Waals surface area contributed by atoms with Crippen LogP contribution in [0.3, 0.4) is 0 Å². The van der Waals surface area contributed by atoms with Crippen LogP contribution in [0.4, 0.5) is 26.1 Å². The Bertz CT molecular complexity index is 350. The number of benzene rings is 1. The highest BCUT2D eigenvalue weighted by Gasteiger charge is 2.27. The van der Waals surface area contributed by atoms with Gasteiger partial charge in [0.1, 0.15) is 11.6 Å². The molecule has 0 saturated heterocycles. The van der Waals surface area contributed by atoms with Crippen molar-refractivity contribution in [3.8, 4) is 5.75 Å². The van der Waals surface area contributed by atoms with Crippen molar-refractivity contribution in [3.05, 3.63) is 24.0 Å². The molecule has 0 aliphatic rings. The van der Waals surface area contributed by atoms with Crippen molar-refractivity contribution in [3.63, 3.8) is 0 Å². The molecule has 15 heavy (non-hydrogen) atoms. The maximum Gasteiger partial charge on any atom is 0.509 e. The summed E-state index contributed by atoms with van der Waals surface area (Å²) in [5, 5.41) is 0. The second-order valence-corrected chi connectivity index (χ2v) is 2.67. The first kappa shape index (κ1) is 11.7. The summed E-state index contributed by atoms with van der Waals surface area (Å²) in [4.78, 5) is 0. The van der Waals surface area contributed by atoms with Crippen molar-refractivity contribution < 1.29 is 30.9 Å². The fourth-order valence-corrected chi connectivity index (χ4v) is 0.944. The van der Waals surface area contributed by atoms with E-state index in [0.717, 1.165) is 0 Å². The third-order valence-corrected chi connectivity index (χ3v) is 1.50. The SMILES string of the molecule is Fc1cc(OC(F)F)cc([B-](F)(F)F)c1. The summed E-state index contributed by atoms with van der Waals surface area (Å²) in [6.07, 6.45) is 0. The molecule has 84 valence electrons. The van der Waals surface area contributed by atoms with Crippen LogP contribution in [-0.4, -0.2) is 13.6 Å². The van der Waals surface area contributed by atoms with Gasteiger partial charge in [0.25, 0.3) is 0 Å². The van der Waals surface area contributed by atoms with Crippen molar-refractivity contribution in [1.29, 1.82) is 0 Å². The summed E-state index contributed by atoms with van der Waals surface area (Å²) in [5.74, 6) is -2.12. The van der Waals surface area contributed by atoms with Crippen molar-refractivity contribution in [2.75, 3.05) is 0 Å². The Morgan fingerprint density at radius 3 is 2.13 bits per heavy atom. The molecule has 8 heteroatoms. The first-order valence-corrected chi connectivity index (χ1v) is 3.74. The molecule has 0 spiro atoms. The Hall–Kier alpha value is -1.34. The normalized spacial score (nSPS) is 11.9. The molecule has 0 aromatic heterocycles. The van der Waals surface area contributed by atoms with Gasteiger partial charge < -0.3 is 17.7 Å². The zero-order valence-electron chi connectivity index (χ0n) is 7.06. The molecule has 0 aliphatic heterocycles. The first-order chi connectivity index (χ1) is 6.79. The van der Waals surface area contributed by atoms with Gasteiger partial charge in [-0.15, -0.1) is 5.46 Å².